The smallest absolute Gasteiger partial charge is 0.266 e. The molecule has 0 aromatic carbocycles. The van der Waals surface area contributed by atoms with Gasteiger partial charge >= 0.3 is 0 Å². The number of allylic oxidation sites excluding steroid dienone is 1. The Morgan fingerprint density at radius 1 is 1.54 bits per heavy atom. The van der Waals surface area contributed by atoms with E-state index >= 15 is 0 Å². The van der Waals surface area contributed by atoms with E-state index in [9.17, 15) is 14.9 Å². The summed E-state index contributed by atoms with van der Waals surface area (Å²) >= 11 is 0. The molecule has 0 aromatic rings. The first-order valence-electron chi connectivity index (χ1n) is 3.78. The van der Waals surface area contributed by atoms with Gasteiger partial charge in [-0.25, -0.2) is 5.43 Å². The van der Waals surface area contributed by atoms with Gasteiger partial charge in [0.1, 0.15) is 0 Å². The van der Waals surface area contributed by atoms with Crippen molar-refractivity contribution in [3.63, 3.8) is 0 Å². The third-order valence-corrected chi connectivity index (χ3v) is 2.09. The van der Waals surface area contributed by atoms with Crippen LogP contribution in [0.4, 0.5) is 0 Å². The number of nitrogens with zero attached hydrogens (tertiary/aromatic N) is 1. The van der Waals surface area contributed by atoms with Crippen molar-refractivity contribution in [1.29, 1.82) is 0 Å². The highest BCUT2D eigenvalue weighted by Crippen LogP contribution is 2.20. The molecule has 68 valence electrons. The molecule has 0 bridgehead atoms. The third kappa shape index (κ3) is 1.20. The quantitative estimate of drug-likeness (QED) is 0.415. The minimum atomic E-state index is -0.475. The average Bonchev–Trinajstić information content (AvgIpc) is 2.47. The lowest BCUT2D eigenvalue weighted by atomic mass is 9.95. The molecule has 0 aromatic heterocycles. The second-order valence-electron chi connectivity index (χ2n) is 2.89. The Bertz CT molecular complexity index is 334. The van der Waals surface area contributed by atoms with Crippen molar-refractivity contribution < 1.29 is 9.72 Å². The number of nitrogens with one attached hydrogen (secondary N) is 2. The number of carbonyl (C=O) groups excluding carboxylic acids is 1. The summed E-state index contributed by atoms with van der Waals surface area (Å²) in [6.45, 7) is 0. The number of amides is 1. The highest BCUT2D eigenvalue weighted by atomic mass is 16.6. The van der Waals surface area contributed by atoms with Crippen LogP contribution in [0.25, 0.3) is 0 Å². The molecule has 0 saturated carbocycles. The van der Waals surface area contributed by atoms with Crippen molar-refractivity contribution in [2.24, 2.45) is 5.92 Å². The monoisotopic (exact) mass is 181 g/mol. The largest absolute Gasteiger partial charge is 0.290 e. The molecule has 6 heteroatoms. The van der Waals surface area contributed by atoms with E-state index in [-0.39, 0.29) is 23.6 Å². The fourth-order valence-corrected chi connectivity index (χ4v) is 1.41. The number of fused-ring (bicyclic) bond motifs is 1. The summed E-state index contributed by atoms with van der Waals surface area (Å²) in [5.74, 6) is -0.469. The lowest BCUT2D eigenvalue weighted by molar-refractivity contribution is -0.419. The molecule has 1 aliphatic heterocycles. The first-order chi connectivity index (χ1) is 6.18. The summed E-state index contributed by atoms with van der Waals surface area (Å²) in [4.78, 5) is 21.0. The molecule has 6 nitrogen and oxygen atoms in total. The van der Waals surface area contributed by atoms with Crippen LogP contribution in [0, 0.1) is 16.0 Å². The normalized spacial score (nSPS) is 30.8. The Balaban J connectivity index is 2.25. The molecule has 13 heavy (non-hydrogen) atoms. The second-order valence-corrected chi connectivity index (χ2v) is 2.89. The number of hydrazine groups is 1. The first-order valence-corrected chi connectivity index (χ1v) is 3.78. The van der Waals surface area contributed by atoms with Crippen molar-refractivity contribution >= 4 is 5.91 Å². The lowest BCUT2D eigenvalue weighted by Gasteiger charge is -2.11. The summed E-state index contributed by atoms with van der Waals surface area (Å²) in [6.07, 6.45) is 4.33. The Morgan fingerprint density at radius 2 is 2.31 bits per heavy atom. The van der Waals surface area contributed by atoms with Crippen LogP contribution >= 0.6 is 0 Å². The molecule has 2 rings (SSSR count). The Labute approximate surface area is 73.4 Å². The van der Waals surface area contributed by atoms with Crippen LogP contribution in [0.2, 0.25) is 0 Å². The van der Waals surface area contributed by atoms with Gasteiger partial charge in [0.15, 0.2) is 0 Å². The molecule has 0 radical (unpaired) electrons. The van der Waals surface area contributed by atoms with E-state index in [2.05, 4.69) is 10.9 Å². The minimum absolute atomic E-state index is 0.0188. The van der Waals surface area contributed by atoms with Gasteiger partial charge in [-0.3, -0.25) is 20.3 Å². The van der Waals surface area contributed by atoms with Gasteiger partial charge in [-0.05, 0) is 0 Å². The molecule has 1 aliphatic carbocycles. The van der Waals surface area contributed by atoms with Crippen molar-refractivity contribution in [2.45, 2.75) is 6.04 Å². The topological polar surface area (TPSA) is 84.3 Å². The predicted molar refractivity (Wildman–Crippen MR) is 42.8 cm³/mol. The maximum absolute atomic E-state index is 11.1. The van der Waals surface area contributed by atoms with E-state index in [4.69, 9.17) is 0 Å². The summed E-state index contributed by atoms with van der Waals surface area (Å²) in [6, 6.07) is -0.294. The zero-order valence-electron chi connectivity index (χ0n) is 6.56. The van der Waals surface area contributed by atoms with Crippen molar-refractivity contribution in [3.05, 3.63) is 34.0 Å². The van der Waals surface area contributed by atoms with Gasteiger partial charge in [0.25, 0.3) is 5.70 Å². The summed E-state index contributed by atoms with van der Waals surface area (Å²) in [7, 11) is 0. The van der Waals surface area contributed by atoms with Crippen LogP contribution in [-0.2, 0) is 4.79 Å². The zero-order chi connectivity index (χ0) is 9.42. The van der Waals surface area contributed by atoms with Crippen LogP contribution < -0.4 is 10.9 Å². The fraction of sp³-hybridized carbons (Fsp3) is 0.286. The van der Waals surface area contributed by atoms with Gasteiger partial charge in [0.05, 0.1) is 16.9 Å². The van der Waals surface area contributed by atoms with Crippen LogP contribution in [0.5, 0.6) is 0 Å². The lowest BCUT2D eigenvalue weighted by Crippen LogP contribution is -2.31. The molecule has 1 heterocycles. The first kappa shape index (κ1) is 7.93. The molecule has 1 fully saturated rings. The van der Waals surface area contributed by atoms with E-state index in [1.54, 1.807) is 0 Å². The van der Waals surface area contributed by atoms with Crippen LogP contribution in [-0.4, -0.2) is 16.9 Å². The minimum Gasteiger partial charge on any atom is -0.290 e. The molecule has 2 atom stereocenters. The van der Waals surface area contributed by atoms with Gasteiger partial charge in [-0.15, -0.1) is 0 Å². The molecular weight excluding hydrogens is 174 g/mol. The number of carbonyl (C=O) groups is 1. The number of nitro groups is 1. The van der Waals surface area contributed by atoms with Crippen molar-refractivity contribution in [2.75, 3.05) is 0 Å². The van der Waals surface area contributed by atoms with Crippen LogP contribution in [0.1, 0.15) is 0 Å². The number of rotatable bonds is 1. The molecule has 1 saturated heterocycles. The molecule has 0 spiro atoms. The van der Waals surface area contributed by atoms with Crippen LogP contribution in [0.3, 0.4) is 0 Å². The Kier molecular flexibility index (Phi) is 1.63. The Hall–Kier alpha value is -1.69. The highest BCUT2D eigenvalue weighted by molar-refractivity contribution is 5.83. The molecular formula is C7H7N3O3. The number of hydrogen-bond donors (Lipinski definition) is 2. The van der Waals surface area contributed by atoms with Crippen LogP contribution in [0.15, 0.2) is 23.9 Å². The number of hydrogen-bond acceptors (Lipinski definition) is 4. The summed E-state index contributed by atoms with van der Waals surface area (Å²) in [5.41, 5.74) is 5.09. The zero-order valence-corrected chi connectivity index (χ0v) is 6.56. The molecule has 2 N–H and O–H groups in total. The van der Waals surface area contributed by atoms with Gasteiger partial charge < -0.3 is 0 Å². The summed E-state index contributed by atoms with van der Waals surface area (Å²) < 4.78 is 0. The van der Waals surface area contributed by atoms with Crippen molar-refractivity contribution in [1.82, 2.24) is 10.9 Å². The summed E-state index contributed by atoms with van der Waals surface area (Å²) in [5, 5.41) is 10.4. The predicted octanol–water partition coefficient (Wildman–Crippen LogP) is -0.664. The fourth-order valence-electron chi connectivity index (χ4n) is 1.41. The second kappa shape index (κ2) is 2.67. The van der Waals surface area contributed by atoms with E-state index in [1.165, 1.54) is 18.2 Å². The van der Waals surface area contributed by atoms with E-state index < -0.39 is 4.92 Å². The van der Waals surface area contributed by atoms with E-state index in [0.29, 0.717) is 0 Å². The molecule has 2 aliphatic rings. The molecule has 0 unspecified atom stereocenters. The van der Waals surface area contributed by atoms with Crippen molar-refractivity contribution in [3.8, 4) is 0 Å². The van der Waals surface area contributed by atoms with E-state index in [1.807, 2.05) is 0 Å². The maximum Gasteiger partial charge on any atom is 0.266 e. The molecule has 1 amide bonds. The van der Waals surface area contributed by atoms with Gasteiger partial charge in [0.2, 0.25) is 5.91 Å². The van der Waals surface area contributed by atoms with Gasteiger partial charge in [-0.1, -0.05) is 6.08 Å². The standard InChI is InChI=1S/C7H7N3O3/c11-7-5-2-1-4(10(12)13)3-6(5)8-9-7/h1-3,5-6,8H,(H,9,11)/t5-,6-/m1/s1. The van der Waals surface area contributed by atoms with Gasteiger partial charge in [-0.2, -0.15) is 0 Å². The maximum atomic E-state index is 11.1. The average molecular weight is 181 g/mol. The highest BCUT2D eigenvalue weighted by Gasteiger charge is 2.35. The SMILES string of the molecule is O=C1NN[C@@H]2C=C([N+](=O)[O-])C=C[C@@H]12. The third-order valence-electron chi connectivity index (χ3n) is 2.09. The van der Waals surface area contributed by atoms with Gasteiger partial charge in [0, 0.05) is 12.2 Å². The van der Waals surface area contributed by atoms with E-state index in [0.717, 1.165) is 0 Å². The Morgan fingerprint density at radius 3 is 3.00 bits per heavy atom.